The average molecular weight is 316 g/mol. The Morgan fingerprint density at radius 1 is 1.39 bits per heavy atom. The fourth-order valence-corrected chi connectivity index (χ4v) is 4.15. The van der Waals surface area contributed by atoms with Gasteiger partial charge in [-0.05, 0) is 42.0 Å². The highest BCUT2D eigenvalue weighted by molar-refractivity contribution is 5.83. The summed E-state index contributed by atoms with van der Waals surface area (Å²) < 4.78 is 5.24. The Hall–Kier alpha value is -1.75. The summed E-state index contributed by atoms with van der Waals surface area (Å²) in [6, 6.07) is 3.72. The molecule has 5 nitrogen and oxygen atoms in total. The number of rotatable bonds is 3. The van der Waals surface area contributed by atoms with E-state index in [1.165, 1.54) is 19.3 Å². The van der Waals surface area contributed by atoms with Gasteiger partial charge >= 0.3 is 0 Å². The van der Waals surface area contributed by atoms with Crippen molar-refractivity contribution >= 4 is 5.91 Å². The number of carbonyl (C=O) groups is 1. The molecule has 1 aromatic carbocycles. The number of methoxy groups -OCH3 is 1. The molecule has 2 heterocycles. The second kappa shape index (κ2) is 5.71. The molecule has 1 saturated carbocycles. The summed E-state index contributed by atoms with van der Waals surface area (Å²) >= 11 is 0. The van der Waals surface area contributed by atoms with Gasteiger partial charge < -0.3 is 20.1 Å². The van der Waals surface area contributed by atoms with Crippen molar-refractivity contribution in [3.05, 3.63) is 23.3 Å². The van der Waals surface area contributed by atoms with Gasteiger partial charge in [-0.1, -0.05) is 19.3 Å². The fraction of sp³-hybridized carbons (Fsp3) is 0.611. The molecule has 0 bridgehead atoms. The Balaban J connectivity index is 1.57. The van der Waals surface area contributed by atoms with Crippen LogP contribution in [0, 0.1) is 5.92 Å². The molecule has 0 radical (unpaired) electrons. The van der Waals surface area contributed by atoms with Gasteiger partial charge in [-0.3, -0.25) is 4.79 Å². The molecule has 2 N–H and O–H groups in total. The van der Waals surface area contributed by atoms with Crippen molar-refractivity contribution in [2.75, 3.05) is 20.2 Å². The molecule has 4 rings (SSSR count). The summed E-state index contributed by atoms with van der Waals surface area (Å²) in [5.74, 6) is 1.63. The van der Waals surface area contributed by atoms with Crippen LogP contribution in [0.25, 0.3) is 0 Å². The number of hydrogen-bond acceptors (Lipinski definition) is 4. The third kappa shape index (κ3) is 2.47. The van der Waals surface area contributed by atoms with E-state index < -0.39 is 0 Å². The van der Waals surface area contributed by atoms with E-state index in [2.05, 4.69) is 5.32 Å². The van der Waals surface area contributed by atoms with Crippen LogP contribution < -0.4 is 10.1 Å². The lowest BCUT2D eigenvalue weighted by Gasteiger charge is -2.45. The number of nitrogens with zero attached hydrogens (tertiary/aromatic N) is 1. The first-order chi connectivity index (χ1) is 11.2. The second-order valence-corrected chi connectivity index (χ2v) is 7.01. The van der Waals surface area contributed by atoms with Gasteiger partial charge in [0.15, 0.2) is 11.5 Å². The SMILES string of the molecule is COc1cc2c(cc1O)CCN1C(=O)[C@@H](CC3CCC3)NC[C@H]21. The van der Waals surface area contributed by atoms with Crippen molar-refractivity contribution in [1.29, 1.82) is 0 Å². The molecule has 3 aliphatic rings. The summed E-state index contributed by atoms with van der Waals surface area (Å²) in [5.41, 5.74) is 2.23. The van der Waals surface area contributed by atoms with Crippen molar-refractivity contribution in [2.24, 2.45) is 5.92 Å². The summed E-state index contributed by atoms with van der Waals surface area (Å²) in [6.45, 7) is 1.52. The van der Waals surface area contributed by atoms with Gasteiger partial charge in [-0.2, -0.15) is 0 Å². The maximum absolute atomic E-state index is 12.8. The molecule has 2 atom stereocenters. The molecule has 124 valence electrons. The van der Waals surface area contributed by atoms with E-state index in [4.69, 9.17) is 4.74 Å². The van der Waals surface area contributed by atoms with E-state index in [9.17, 15) is 9.90 Å². The second-order valence-electron chi connectivity index (χ2n) is 7.01. The van der Waals surface area contributed by atoms with Crippen LogP contribution in [0.1, 0.15) is 42.9 Å². The van der Waals surface area contributed by atoms with E-state index >= 15 is 0 Å². The van der Waals surface area contributed by atoms with Gasteiger partial charge in [0, 0.05) is 13.1 Å². The molecular formula is C18H24N2O3. The Bertz CT molecular complexity index is 627. The first kappa shape index (κ1) is 14.8. The molecule has 0 unspecified atom stereocenters. The standard InChI is InChI=1S/C18H24N2O3/c1-23-17-9-13-12(8-16(17)21)5-6-20-15(13)10-19-14(18(20)22)7-11-3-2-4-11/h8-9,11,14-15,19,21H,2-7,10H2,1H3/t14-,15-/m1/s1. The van der Waals surface area contributed by atoms with Crippen molar-refractivity contribution in [3.63, 3.8) is 0 Å². The molecule has 1 aromatic rings. The molecule has 0 spiro atoms. The van der Waals surface area contributed by atoms with E-state index in [1.54, 1.807) is 13.2 Å². The Morgan fingerprint density at radius 2 is 2.22 bits per heavy atom. The first-order valence-electron chi connectivity index (χ1n) is 8.61. The molecule has 1 aliphatic carbocycles. The lowest BCUT2D eigenvalue weighted by molar-refractivity contribution is -0.140. The summed E-state index contributed by atoms with van der Waals surface area (Å²) in [5, 5.41) is 13.4. The number of fused-ring (bicyclic) bond motifs is 3. The van der Waals surface area contributed by atoms with Crippen LogP contribution in [0.15, 0.2) is 12.1 Å². The number of amides is 1. The van der Waals surface area contributed by atoms with Crippen LogP contribution in [0.2, 0.25) is 0 Å². The topological polar surface area (TPSA) is 61.8 Å². The monoisotopic (exact) mass is 316 g/mol. The molecule has 5 heteroatoms. The number of aromatic hydroxyl groups is 1. The summed E-state index contributed by atoms with van der Waals surface area (Å²) in [7, 11) is 1.56. The van der Waals surface area contributed by atoms with Crippen molar-refractivity contribution in [2.45, 2.75) is 44.2 Å². The quantitative estimate of drug-likeness (QED) is 0.895. The Morgan fingerprint density at radius 3 is 2.91 bits per heavy atom. The highest BCUT2D eigenvalue weighted by atomic mass is 16.5. The lowest BCUT2D eigenvalue weighted by atomic mass is 9.79. The summed E-state index contributed by atoms with van der Waals surface area (Å²) in [4.78, 5) is 14.9. The number of benzene rings is 1. The van der Waals surface area contributed by atoms with E-state index in [0.717, 1.165) is 43.0 Å². The third-order valence-electron chi connectivity index (χ3n) is 5.73. The van der Waals surface area contributed by atoms with E-state index in [1.807, 2.05) is 11.0 Å². The summed E-state index contributed by atoms with van der Waals surface area (Å²) in [6.07, 6.45) is 5.63. The van der Waals surface area contributed by atoms with Crippen LogP contribution >= 0.6 is 0 Å². The zero-order chi connectivity index (χ0) is 16.0. The molecule has 1 saturated heterocycles. The van der Waals surface area contributed by atoms with Gasteiger partial charge in [-0.25, -0.2) is 0 Å². The highest BCUT2D eigenvalue weighted by Crippen LogP contribution is 2.39. The maximum atomic E-state index is 12.8. The highest BCUT2D eigenvalue weighted by Gasteiger charge is 2.40. The molecule has 0 aromatic heterocycles. The zero-order valence-electron chi connectivity index (χ0n) is 13.5. The minimum atomic E-state index is -0.0166. The van der Waals surface area contributed by atoms with E-state index in [0.29, 0.717) is 5.75 Å². The number of phenols is 1. The fourth-order valence-electron chi connectivity index (χ4n) is 4.15. The number of nitrogens with one attached hydrogen (secondary N) is 1. The smallest absolute Gasteiger partial charge is 0.240 e. The third-order valence-corrected chi connectivity index (χ3v) is 5.73. The van der Waals surface area contributed by atoms with Crippen LogP contribution in [0.3, 0.4) is 0 Å². The average Bonchev–Trinajstić information content (AvgIpc) is 2.51. The predicted octanol–water partition coefficient (Wildman–Crippen LogP) is 1.99. The van der Waals surface area contributed by atoms with Crippen LogP contribution in [-0.2, 0) is 11.2 Å². The normalized spacial score (nSPS) is 27.2. The van der Waals surface area contributed by atoms with Gasteiger partial charge in [0.1, 0.15) is 0 Å². The molecule has 2 aliphatic heterocycles. The molecule has 1 amide bonds. The van der Waals surface area contributed by atoms with Crippen LogP contribution in [0.4, 0.5) is 0 Å². The molecule has 23 heavy (non-hydrogen) atoms. The minimum absolute atomic E-state index is 0.0166. The Labute approximate surface area is 136 Å². The van der Waals surface area contributed by atoms with Gasteiger partial charge in [0.25, 0.3) is 0 Å². The van der Waals surface area contributed by atoms with Gasteiger partial charge in [0.05, 0.1) is 19.2 Å². The first-order valence-corrected chi connectivity index (χ1v) is 8.61. The number of carbonyl (C=O) groups excluding carboxylic acids is 1. The number of hydrogen-bond donors (Lipinski definition) is 2. The molecule has 2 fully saturated rings. The van der Waals surface area contributed by atoms with Crippen molar-refractivity contribution < 1.29 is 14.6 Å². The predicted molar refractivity (Wildman–Crippen MR) is 86.6 cm³/mol. The van der Waals surface area contributed by atoms with Gasteiger partial charge in [-0.15, -0.1) is 0 Å². The maximum Gasteiger partial charge on any atom is 0.240 e. The number of phenolic OH excluding ortho intramolecular Hbond substituents is 1. The van der Waals surface area contributed by atoms with Gasteiger partial charge in [0.2, 0.25) is 5.91 Å². The zero-order valence-corrected chi connectivity index (χ0v) is 13.5. The molecular weight excluding hydrogens is 292 g/mol. The number of ether oxygens (including phenoxy) is 1. The van der Waals surface area contributed by atoms with Crippen molar-refractivity contribution in [3.8, 4) is 11.5 Å². The van der Waals surface area contributed by atoms with Crippen LogP contribution in [-0.4, -0.2) is 42.2 Å². The Kier molecular flexibility index (Phi) is 3.68. The van der Waals surface area contributed by atoms with Crippen LogP contribution in [0.5, 0.6) is 11.5 Å². The minimum Gasteiger partial charge on any atom is -0.504 e. The van der Waals surface area contributed by atoms with E-state index in [-0.39, 0.29) is 23.7 Å². The lowest BCUT2D eigenvalue weighted by Crippen LogP contribution is -2.58. The van der Waals surface area contributed by atoms with Crippen molar-refractivity contribution in [1.82, 2.24) is 10.2 Å². The number of piperazine rings is 1. The largest absolute Gasteiger partial charge is 0.504 e.